The normalized spacial score (nSPS) is 11.9. The summed E-state index contributed by atoms with van der Waals surface area (Å²) in [4.78, 5) is 11.4. The average Bonchev–Trinajstić information content (AvgIpc) is 2.68. The largest absolute Gasteiger partial charge is 0.457 e. The van der Waals surface area contributed by atoms with Crippen LogP contribution in [0.3, 0.4) is 0 Å². The van der Waals surface area contributed by atoms with Crippen molar-refractivity contribution in [2.24, 2.45) is 0 Å². The van der Waals surface area contributed by atoms with Crippen LogP contribution in [0.4, 0.5) is 0 Å². The number of unbranched alkanes of at least 4 members (excludes halogenated alkanes) is 13. The van der Waals surface area contributed by atoms with Crippen molar-refractivity contribution >= 4 is 5.97 Å². The van der Waals surface area contributed by atoms with Crippen LogP contribution >= 0.6 is 0 Å². The number of hydrogen-bond acceptors (Lipinski definition) is 3. The second-order valence-electron chi connectivity index (χ2n) is 7.47. The minimum atomic E-state index is -0.368. The van der Waals surface area contributed by atoms with Crippen molar-refractivity contribution < 1.29 is 14.3 Å². The summed E-state index contributed by atoms with van der Waals surface area (Å²) in [6.07, 6.45) is 22.4. The first-order chi connectivity index (χ1) is 13.2. The molecule has 3 nitrogen and oxygen atoms in total. The zero-order chi connectivity index (χ0) is 20.0. The maximum absolute atomic E-state index is 11.4. The van der Waals surface area contributed by atoms with Gasteiger partial charge in [-0.1, -0.05) is 103 Å². The topological polar surface area (TPSA) is 35.5 Å². The van der Waals surface area contributed by atoms with Gasteiger partial charge >= 0.3 is 5.97 Å². The van der Waals surface area contributed by atoms with Gasteiger partial charge in [0.15, 0.2) is 0 Å². The molecule has 0 aliphatic carbocycles. The summed E-state index contributed by atoms with van der Waals surface area (Å²) in [5, 5.41) is 0. The van der Waals surface area contributed by atoms with Crippen LogP contribution < -0.4 is 0 Å². The first-order valence-corrected chi connectivity index (χ1v) is 11.3. The van der Waals surface area contributed by atoms with E-state index in [0.717, 1.165) is 12.8 Å². The lowest BCUT2D eigenvalue weighted by molar-refractivity contribution is -0.146. The molecule has 0 aromatic heterocycles. The number of rotatable bonds is 21. The van der Waals surface area contributed by atoms with Gasteiger partial charge in [-0.15, -0.1) is 6.58 Å². The Balaban J connectivity index is 3.48. The highest BCUT2D eigenvalue weighted by atomic mass is 16.6. The van der Waals surface area contributed by atoms with Gasteiger partial charge in [0.05, 0.1) is 13.2 Å². The highest BCUT2D eigenvalue weighted by Crippen LogP contribution is 2.14. The predicted octanol–water partition coefficient (Wildman–Crippen LogP) is 7.16. The highest BCUT2D eigenvalue weighted by molar-refractivity contribution is 5.81. The Morgan fingerprint density at radius 1 is 0.815 bits per heavy atom. The highest BCUT2D eigenvalue weighted by Gasteiger charge is 2.12. The first-order valence-electron chi connectivity index (χ1n) is 11.3. The predicted molar refractivity (Wildman–Crippen MR) is 116 cm³/mol. The molecule has 0 saturated carbocycles. The van der Waals surface area contributed by atoms with Crippen molar-refractivity contribution in [2.45, 2.75) is 109 Å². The van der Waals surface area contributed by atoms with Crippen LogP contribution in [-0.4, -0.2) is 25.3 Å². The molecule has 0 bridgehead atoms. The fourth-order valence-corrected chi connectivity index (χ4v) is 3.24. The molecule has 0 fully saturated rings. The van der Waals surface area contributed by atoms with Crippen LogP contribution in [0.15, 0.2) is 25.3 Å². The van der Waals surface area contributed by atoms with E-state index >= 15 is 0 Å². The van der Waals surface area contributed by atoms with Crippen LogP contribution in [0.25, 0.3) is 0 Å². The summed E-state index contributed by atoms with van der Waals surface area (Å²) < 4.78 is 10.8. The van der Waals surface area contributed by atoms with Gasteiger partial charge in [-0.05, 0) is 12.8 Å². The summed E-state index contributed by atoms with van der Waals surface area (Å²) in [6.45, 7) is 10.3. The Labute approximate surface area is 168 Å². The Kier molecular flexibility index (Phi) is 20.4. The second-order valence-corrected chi connectivity index (χ2v) is 7.47. The molecule has 27 heavy (non-hydrogen) atoms. The van der Waals surface area contributed by atoms with Crippen LogP contribution in [0.1, 0.15) is 103 Å². The molecule has 0 heterocycles. The molecule has 0 aliphatic heterocycles. The van der Waals surface area contributed by atoms with E-state index in [0.29, 0.717) is 13.2 Å². The Morgan fingerprint density at radius 3 is 1.74 bits per heavy atom. The molecular weight excluding hydrogens is 336 g/mol. The smallest absolute Gasteiger partial charge is 0.330 e. The number of esters is 1. The summed E-state index contributed by atoms with van der Waals surface area (Å²) >= 11 is 0. The number of carbonyl (C=O) groups excluding carboxylic acids is 1. The van der Waals surface area contributed by atoms with Crippen LogP contribution in [-0.2, 0) is 14.3 Å². The van der Waals surface area contributed by atoms with Crippen LogP contribution in [0.2, 0.25) is 0 Å². The van der Waals surface area contributed by atoms with E-state index in [4.69, 9.17) is 9.47 Å². The maximum Gasteiger partial charge on any atom is 0.330 e. The molecule has 1 unspecified atom stereocenters. The molecule has 0 rings (SSSR count). The van der Waals surface area contributed by atoms with Crippen molar-refractivity contribution in [2.75, 3.05) is 13.2 Å². The summed E-state index contributed by atoms with van der Waals surface area (Å²) in [6, 6.07) is 0. The quantitative estimate of drug-likeness (QED) is 0.0917. The number of hydrogen-bond donors (Lipinski definition) is 0. The Bertz CT molecular complexity index is 352. The Hall–Kier alpha value is -1.09. The third-order valence-corrected chi connectivity index (χ3v) is 4.87. The lowest BCUT2D eigenvalue weighted by Gasteiger charge is -2.16. The third-order valence-electron chi connectivity index (χ3n) is 4.87. The molecule has 158 valence electrons. The SMILES string of the molecule is C=CCOCC(CCCCCCCCCCCCCCCC)OC(=O)C=C. The minimum Gasteiger partial charge on any atom is -0.457 e. The molecule has 0 aromatic rings. The molecule has 0 saturated heterocycles. The lowest BCUT2D eigenvalue weighted by Crippen LogP contribution is -2.22. The van der Waals surface area contributed by atoms with E-state index in [9.17, 15) is 4.79 Å². The fourth-order valence-electron chi connectivity index (χ4n) is 3.24. The van der Waals surface area contributed by atoms with E-state index < -0.39 is 0 Å². The maximum atomic E-state index is 11.4. The van der Waals surface area contributed by atoms with Gasteiger partial charge in [0, 0.05) is 6.08 Å². The Morgan fingerprint density at radius 2 is 1.30 bits per heavy atom. The fraction of sp³-hybridized carbons (Fsp3) is 0.792. The van der Waals surface area contributed by atoms with E-state index in [1.165, 1.54) is 89.5 Å². The molecule has 0 amide bonds. The van der Waals surface area contributed by atoms with Gasteiger partial charge in [0.2, 0.25) is 0 Å². The van der Waals surface area contributed by atoms with Gasteiger partial charge in [0.25, 0.3) is 0 Å². The summed E-state index contributed by atoms with van der Waals surface area (Å²) in [5.74, 6) is -0.368. The first kappa shape index (κ1) is 25.9. The van der Waals surface area contributed by atoms with Crippen LogP contribution in [0, 0.1) is 0 Å². The third kappa shape index (κ3) is 19.5. The minimum absolute atomic E-state index is 0.173. The standard InChI is InChI=1S/C24H44O3/c1-4-7-8-9-10-11-12-13-14-15-16-17-18-19-20-23(22-26-21-5-2)27-24(25)6-3/h5-6,23H,2-4,7-22H2,1H3. The average molecular weight is 381 g/mol. The van der Waals surface area contributed by atoms with Crippen molar-refractivity contribution in [3.63, 3.8) is 0 Å². The van der Waals surface area contributed by atoms with Crippen molar-refractivity contribution in [3.05, 3.63) is 25.3 Å². The van der Waals surface area contributed by atoms with Gasteiger partial charge in [0.1, 0.15) is 6.10 Å². The zero-order valence-electron chi connectivity index (χ0n) is 17.9. The molecule has 0 N–H and O–H groups in total. The number of ether oxygens (including phenoxy) is 2. The molecule has 0 radical (unpaired) electrons. The molecule has 0 spiro atoms. The summed E-state index contributed by atoms with van der Waals surface area (Å²) in [7, 11) is 0. The van der Waals surface area contributed by atoms with E-state index in [-0.39, 0.29) is 12.1 Å². The van der Waals surface area contributed by atoms with Crippen molar-refractivity contribution in [1.82, 2.24) is 0 Å². The van der Waals surface area contributed by atoms with Gasteiger partial charge in [-0.2, -0.15) is 0 Å². The van der Waals surface area contributed by atoms with Crippen LogP contribution in [0.5, 0.6) is 0 Å². The van der Waals surface area contributed by atoms with E-state index in [1.54, 1.807) is 6.08 Å². The zero-order valence-corrected chi connectivity index (χ0v) is 17.9. The molecule has 3 heteroatoms. The molecule has 0 aliphatic rings. The molecule has 0 aromatic carbocycles. The monoisotopic (exact) mass is 380 g/mol. The molecular formula is C24H44O3. The molecule has 1 atom stereocenters. The lowest BCUT2D eigenvalue weighted by atomic mass is 10.0. The van der Waals surface area contributed by atoms with E-state index in [2.05, 4.69) is 20.1 Å². The summed E-state index contributed by atoms with van der Waals surface area (Å²) in [5.41, 5.74) is 0. The van der Waals surface area contributed by atoms with Gasteiger partial charge < -0.3 is 9.47 Å². The van der Waals surface area contributed by atoms with Gasteiger partial charge in [-0.25, -0.2) is 4.79 Å². The number of carbonyl (C=O) groups is 1. The van der Waals surface area contributed by atoms with Crippen molar-refractivity contribution in [1.29, 1.82) is 0 Å². The second kappa shape index (κ2) is 21.2. The van der Waals surface area contributed by atoms with Crippen molar-refractivity contribution in [3.8, 4) is 0 Å². The van der Waals surface area contributed by atoms with Gasteiger partial charge in [-0.3, -0.25) is 0 Å². The van der Waals surface area contributed by atoms with E-state index in [1.807, 2.05) is 0 Å².